The van der Waals surface area contributed by atoms with Gasteiger partial charge in [-0.1, -0.05) is 11.3 Å². The molecule has 104 valence electrons. The van der Waals surface area contributed by atoms with Crippen molar-refractivity contribution in [3.8, 4) is 0 Å². The van der Waals surface area contributed by atoms with E-state index in [0.29, 0.717) is 10.0 Å². The predicted molar refractivity (Wildman–Crippen MR) is 76.5 cm³/mol. The molecule has 7 nitrogen and oxygen atoms in total. The molecule has 9 heteroatoms. The molecule has 3 heterocycles. The summed E-state index contributed by atoms with van der Waals surface area (Å²) in [5.74, 6) is -0.359. The van der Waals surface area contributed by atoms with Gasteiger partial charge in [0, 0.05) is 30.5 Å². The molecule has 0 aliphatic carbocycles. The number of rotatable bonds is 3. The number of nitrogens with one attached hydrogen (secondary N) is 2. The fourth-order valence-electron chi connectivity index (χ4n) is 1.89. The van der Waals surface area contributed by atoms with Crippen LogP contribution in [0, 0.1) is 10.1 Å². The Hall–Kier alpha value is -1.84. The topological polar surface area (TPSA) is 97.2 Å². The Labute approximate surface area is 121 Å². The highest BCUT2D eigenvalue weighted by Gasteiger charge is 2.19. The Morgan fingerprint density at radius 2 is 2.30 bits per heavy atom. The highest BCUT2D eigenvalue weighted by atomic mass is 32.1. The minimum Gasteiger partial charge on any atom is -0.311 e. The second kappa shape index (κ2) is 5.27. The van der Waals surface area contributed by atoms with Crippen LogP contribution in [-0.2, 0) is 13.0 Å². The minimum atomic E-state index is -0.505. The van der Waals surface area contributed by atoms with Crippen molar-refractivity contribution in [1.82, 2.24) is 10.3 Å². The zero-order chi connectivity index (χ0) is 14.1. The van der Waals surface area contributed by atoms with E-state index >= 15 is 0 Å². The van der Waals surface area contributed by atoms with E-state index < -0.39 is 4.92 Å². The molecule has 20 heavy (non-hydrogen) atoms. The summed E-state index contributed by atoms with van der Waals surface area (Å²) in [7, 11) is 0. The van der Waals surface area contributed by atoms with Gasteiger partial charge < -0.3 is 5.32 Å². The molecule has 2 aromatic rings. The Bertz CT molecular complexity index is 656. The van der Waals surface area contributed by atoms with Crippen LogP contribution in [-0.4, -0.2) is 22.4 Å². The van der Waals surface area contributed by atoms with E-state index in [9.17, 15) is 14.9 Å². The predicted octanol–water partition coefficient (Wildman–Crippen LogP) is 2.01. The lowest BCUT2D eigenvalue weighted by Gasteiger charge is -2.09. The lowest BCUT2D eigenvalue weighted by Crippen LogP contribution is -2.22. The summed E-state index contributed by atoms with van der Waals surface area (Å²) in [6, 6.07) is 2.78. The van der Waals surface area contributed by atoms with Crippen molar-refractivity contribution >= 4 is 38.7 Å². The Balaban J connectivity index is 1.74. The van der Waals surface area contributed by atoms with Gasteiger partial charge in [0.05, 0.1) is 15.5 Å². The number of amides is 1. The maximum atomic E-state index is 12.0. The van der Waals surface area contributed by atoms with Crippen LogP contribution in [0.2, 0.25) is 0 Å². The van der Waals surface area contributed by atoms with Gasteiger partial charge in [-0.25, -0.2) is 4.98 Å². The molecule has 0 unspecified atom stereocenters. The summed E-state index contributed by atoms with van der Waals surface area (Å²) in [6.45, 7) is 1.66. The molecule has 0 spiro atoms. The molecule has 1 aliphatic heterocycles. The number of thiazole rings is 1. The molecule has 2 N–H and O–H groups in total. The van der Waals surface area contributed by atoms with E-state index in [-0.39, 0.29) is 10.9 Å². The standard InChI is InChI=1S/C11H10N4O3S2/c16-10(7-1-2-9(19-7)15(17)18)14-11-13-6-3-4-12-5-8(6)20-11/h1-2,12H,3-5H2,(H,13,14,16). The van der Waals surface area contributed by atoms with Gasteiger partial charge in [-0.05, 0) is 6.07 Å². The molecule has 3 rings (SSSR count). The van der Waals surface area contributed by atoms with Gasteiger partial charge in [0.15, 0.2) is 5.13 Å². The maximum Gasteiger partial charge on any atom is 0.324 e. The molecule has 0 aromatic carbocycles. The first-order chi connectivity index (χ1) is 9.63. The van der Waals surface area contributed by atoms with Gasteiger partial charge in [-0.2, -0.15) is 0 Å². The molecule has 0 bridgehead atoms. The molecule has 2 aromatic heterocycles. The molecule has 1 amide bonds. The number of hydrogen-bond acceptors (Lipinski definition) is 7. The van der Waals surface area contributed by atoms with Crippen molar-refractivity contribution in [2.24, 2.45) is 0 Å². The number of carbonyl (C=O) groups is 1. The first-order valence-corrected chi connectivity index (χ1v) is 7.51. The second-order valence-electron chi connectivity index (χ2n) is 4.16. The third-order valence-corrected chi connectivity index (χ3v) is 4.87. The van der Waals surface area contributed by atoms with Crippen LogP contribution in [0.15, 0.2) is 12.1 Å². The summed E-state index contributed by atoms with van der Waals surface area (Å²) in [6.07, 6.45) is 0.853. The van der Waals surface area contributed by atoms with Gasteiger partial charge in [0.25, 0.3) is 5.91 Å². The average Bonchev–Trinajstić information content (AvgIpc) is 3.04. The Morgan fingerprint density at radius 1 is 1.45 bits per heavy atom. The van der Waals surface area contributed by atoms with E-state index in [1.54, 1.807) is 0 Å². The average molecular weight is 310 g/mol. The molecule has 0 saturated heterocycles. The van der Waals surface area contributed by atoms with E-state index in [4.69, 9.17) is 0 Å². The Kier molecular flexibility index (Phi) is 3.47. The summed E-state index contributed by atoms with van der Waals surface area (Å²) in [5, 5.41) is 17.0. The van der Waals surface area contributed by atoms with Gasteiger partial charge in [-0.15, -0.1) is 11.3 Å². The number of anilines is 1. The van der Waals surface area contributed by atoms with Crippen LogP contribution >= 0.6 is 22.7 Å². The molecule has 0 atom stereocenters. The van der Waals surface area contributed by atoms with Crippen molar-refractivity contribution in [2.45, 2.75) is 13.0 Å². The number of hydrogen-bond donors (Lipinski definition) is 2. The molecule has 0 saturated carbocycles. The van der Waals surface area contributed by atoms with Gasteiger partial charge in [0.2, 0.25) is 0 Å². The number of thiophene rings is 1. The van der Waals surface area contributed by atoms with Crippen LogP contribution in [0.3, 0.4) is 0 Å². The summed E-state index contributed by atoms with van der Waals surface area (Å²) in [5.41, 5.74) is 1.02. The summed E-state index contributed by atoms with van der Waals surface area (Å²) in [4.78, 5) is 27.9. The Morgan fingerprint density at radius 3 is 3.00 bits per heavy atom. The minimum absolute atomic E-state index is 0.0437. The van der Waals surface area contributed by atoms with Gasteiger partial charge in [0.1, 0.15) is 0 Å². The van der Waals surface area contributed by atoms with Gasteiger partial charge in [-0.3, -0.25) is 20.2 Å². The smallest absolute Gasteiger partial charge is 0.311 e. The largest absolute Gasteiger partial charge is 0.324 e. The van der Waals surface area contributed by atoms with Crippen LogP contribution in [0.4, 0.5) is 10.1 Å². The third kappa shape index (κ3) is 2.55. The first kappa shape index (κ1) is 13.2. The number of aromatic nitrogens is 1. The van der Waals surface area contributed by atoms with Crippen molar-refractivity contribution in [3.05, 3.63) is 37.7 Å². The maximum absolute atomic E-state index is 12.0. The van der Waals surface area contributed by atoms with Gasteiger partial charge >= 0.3 is 5.00 Å². The van der Waals surface area contributed by atoms with E-state index in [2.05, 4.69) is 15.6 Å². The fourth-order valence-corrected chi connectivity index (χ4v) is 3.57. The van der Waals surface area contributed by atoms with Crippen LogP contribution in [0.1, 0.15) is 20.2 Å². The molecule has 1 aliphatic rings. The van der Waals surface area contributed by atoms with Crippen LogP contribution in [0.5, 0.6) is 0 Å². The quantitative estimate of drug-likeness (QED) is 0.667. The first-order valence-electron chi connectivity index (χ1n) is 5.88. The lowest BCUT2D eigenvalue weighted by molar-refractivity contribution is -0.380. The molecule has 0 radical (unpaired) electrons. The fraction of sp³-hybridized carbons (Fsp3) is 0.273. The van der Waals surface area contributed by atoms with E-state index in [1.165, 1.54) is 23.5 Å². The number of nitrogens with zero attached hydrogens (tertiary/aromatic N) is 2. The van der Waals surface area contributed by atoms with E-state index in [0.717, 1.165) is 41.4 Å². The lowest BCUT2D eigenvalue weighted by atomic mass is 10.2. The van der Waals surface area contributed by atoms with Crippen molar-refractivity contribution < 1.29 is 9.72 Å². The summed E-state index contributed by atoms with van der Waals surface area (Å²) < 4.78 is 0. The molecule has 0 fully saturated rings. The number of carbonyl (C=O) groups excluding carboxylic acids is 1. The number of fused-ring (bicyclic) bond motifs is 1. The zero-order valence-corrected chi connectivity index (χ0v) is 11.8. The zero-order valence-electron chi connectivity index (χ0n) is 10.2. The van der Waals surface area contributed by atoms with Crippen molar-refractivity contribution in [3.63, 3.8) is 0 Å². The SMILES string of the molecule is O=C(Nc1nc2c(s1)CNCC2)c1ccc([N+](=O)[O-])s1. The summed E-state index contributed by atoms with van der Waals surface area (Å²) >= 11 is 2.29. The number of nitro groups is 1. The highest BCUT2D eigenvalue weighted by molar-refractivity contribution is 7.18. The highest BCUT2D eigenvalue weighted by Crippen LogP contribution is 2.28. The van der Waals surface area contributed by atoms with Crippen molar-refractivity contribution in [1.29, 1.82) is 0 Å². The normalized spacial score (nSPS) is 13.8. The second-order valence-corrected chi connectivity index (χ2v) is 6.31. The molecular formula is C11H10N4O3S2. The van der Waals surface area contributed by atoms with Crippen LogP contribution in [0.25, 0.3) is 0 Å². The van der Waals surface area contributed by atoms with E-state index in [1.807, 2.05) is 0 Å². The third-order valence-electron chi connectivity index (χ3n) is 2.82. The molecular weight excluding hydrogens is 300 g/mol. The van der Waals surface area contributed by atoms with Crippen molar-refractivity contribution in [2.75, 3.05) is 11.9 Å². The van der Waals surface area contributed by atoms with Crippen LogP contribution < -0.4 is 10.6 Å². The monoisotopic (exact) mass is 310 g/mol.